The number of aromatic hydroxyl groups is 2. The molecule has 6 heteroatoms. The number of phenolic OH excluding ortho intramolecular Hbond substituents is 2. The third kappa shape index (κ3) is 20.4. The molecule has 2 N–H and O–H groups in total. The minimum Gasteiger partial charge on any atom is -0.506 e. The van der Waals surface area contributed by atoms with Gasteiger partial charge in [-0.3, -0.25) is 0 Å². The first kappa shape index (κ1) is 47.5. The Bertz CT molecular complexity index is 1530. The van der Waals surface area contributed by atoms with Crippen LogP contribution in [-0.4, -0.2) is 26.4 Å². The van der Waals surface area contributed by atoms with Gasteiger partial charge in [0.1, 0.15) is 11.5 Å². The molecule has 0 aliphatic heterocycles. The van der Waals surface area contributed by atoms with Gasteiger partial charge in [-0.1, -0.05) is 153 Å². The van der Waals surface area contributed by atoms with Crippen molar-refractivity contribution in [1.29, 1.82) is 0 Å². The summed E-state index contributed by atoms with van der Waals surface area (Å²) in [5.74, 6) is 6.84. The standard InChI is InChI=1S/C22H30O2S.C14H10.2C4H11Si.W/c1-13-9-15(21(3,4)5)19(23)17(11-13)25-18-12-14(2)10-16(20(18)24)22(6,7)8;1-3-7-13(8-4-1)11-12-14-9-5-2-6-10-14;2*1-5(2,3)4;/h9-12,23-24H,1-8H3;1-10H;2*1H2,2-4H3;/q;;2*-1;+2. The first-order valence-corrected chi connectivity index (χ1v) is 25.2. The molecular weight excluding hydrogens is 833 g/mol. The van der Waals surface area contributed by atoms with Crippen LogP contribution in [0.2, 0.25) is 39.3 Å². The molecular formula is C44H62O2SSi2W. The van der Waals surface area contributed by atoms with Gasteiger partial charge in [-0.25, -0.2) is 0 Å². The minimum absolute atomic E-state index is 0. The van der Waals surface area contributed by atoms with Gasteiger partial charge in [0.05, 0.1) is 9.79 Å². The third-order valence-corrected chi connectivity index (χ3v) is 7.24. The predicted molar refractivity (Wildman–Crippen MR) is 223 cm³/mol. The van der Waals surface area contributed by atoms with E-state index >= 15 is 0 Å². The molecule has 0 atom stereocenters. The number of rotatable bonds is 2. The molecule has 0 unspecified atom stereocenters. The van der Waals surface area contributed by atoms with Gasteiger partial charge < -0.3 is 23.3 Å². The first-order valence-electron chi connectivity index (χ1n) is 16.9. The second kappa shape index (κ2) is 20.5. The Morgan fingerprint density at radius 2 is 0.800 bits per heavy atom. The number of benzene rings is 4. The summed E-state index contributed by atoms with van der Waals surface area (Å²) < 4.78 is 0. The summed E-state index contributed by atoms with van der Waals surface area (Å²) in [6.45, 7) is 37.8. The van der Waals surface area contributed by atoms with Crippen LogP contribution in [0.5, 0.6) is 11.5 Å². The minimum atomic E-state index is -0.861. The third-order valence-electron chi connectivity index (χ3n) is 6.17. The van der Waals surface area contributed by atoms with Gasteiger partial charge >= 0.3 is 21.1 Å². The fraction of sp³-hybridized carbons (Fsp3) is 0.364. The van der Waals surface area contributed by atoms with Crippen LogP contribution in [0.15, 0.2) is 94.7 Å². The molecule has 0 saturated carbocycles. The monoisotopic (exact) mass is 894 g/mol. The summed E-state index contributed by atoms with van der Waals surface area (Å²) in [5, 5.41) is 21.6. The van der Waals surface area contributed by atoms with E-state index in [1.54, 1.807) is 0 Å². The van der Waals surface area contributed by atoms with Crippen LogP contribution < -0.4 is 0 Å². The molecule has 0 aromatic heterocycles. The number of phenols is 2. The van der Waals surface area contributed by atoms with E-state index in [1.165, 1.54) is 11.8 Å². The van der Waals surface area contributed by atoms with Crippen molar-refractivity contribution in [2.45, 2.75) is 115 Å². The normalized spacial score (nSPS) is 11.1. The second-order valence-corrected chi connectivity index (χ2v) is 28.4. The van der Waals surface area contributed by atoms with E-state index < -0.39 is 16.1 Å². The Morgan fingerprint density at radius 1 is 0.540 bits per heavy atom. The van der Waals surface area contributed by atoms with E-state index in [-0.39, 0.29) is 31.9 Å². The fourth-order valence-corrected chi connectivity index (χ4v) is 5.24. The van der Waals surface area contributed by atoms with Crippen LogP contribution in [0.3, 0.4) is 0 Å². The molecule has 0 bridgehead atoms. The summed E-state index contributed by atoms with van der Waals surface area (Å²) in [6, 6.07) is 28.0. The average Bonchev–Trinajstić information content (AvgIpc) is 2.94. The molecule has 4 rings (SSSR count). The Morgan fingerprint density at radius 3 is 1.04 bits per heavy atom. The maximum atomic E-state index is 10.8. The van der Waals surface area contributed by atoms with Crippen molar-refractivity contribution >= 4 is 27.9 Å². The van der Waals surface area contributed by atoms with Crippen molar-refractivity contribution in [2.24, 2.45) is 0 Å². The molecule has 0 saturated heterocycles. The molecule has 0 amide bonds. The van der Waals surface area contributed by atoms with Crippen LogP contribution in [0, 0.1) is 38.8 Å². The molecule has 0 spiro atoms. The molecule has 0 heterocycles. The molecule has 4 aromatic rings. The average molecular weight is 895 g/mol. The van der Waals surface area contributed by atoms with Gasteiger partial charge in [0.25, 0.3) is 0 Å². The molecule has 4 aromatic carbocycles. The van der Waals surface area contributed by atoms with E-state index in [2.05, 4.69) is 106 Å². The van der Waals surface area contributed by atoms with E-state index in [4.69, 9.17) is 0 Å². The van der Waals surface area contributed by atoms with Gasteiger partial charge in [0, 0.05) is 22.3 Å². The van der Waals surface area contributed by atoms with Crippen LogP contribution in [0.4, 0.5) is 0 Å². The maximum Gasteiger partial charge on any atom is 2.00 e. The van der Waals surface area contributed by atoms with E-state index in [1.807, 2.05) is 98.8 Å². The van der Waals surface area contributed by atoms with Gasteiger partial charge in [0.2, 0.25) is 0 Å². The van der Waals surface area contributed by atoms with Crippen LogP contribution in [0.1, 0.15) is 74.9 Å². The summed E-state index contributed by atoms with van der Waals surface area (Å²) in [4.78, 5) is 1.57. The Hall–Kier alpha value is -2.49. The van der Waals surface area contributed by atoms with Gasteiger partial charge in [-0.15, -0.1) is 16.1 Å². The smallest absolute Gasteiger partial charge is 0.506 e. The van der Waals surface area contributed by atoms with Crippen molar-refractivity contribution in [1.82, 2.24) is 0 Å². The van der Waals surface area contributed by atoms with E-state index in [9.17, 15) is 10.2 Å². The zero-order chi connectivity index (χ0) is 37.8. The zero-order valence-electron chi connectivity index (χ0n) is 33.2. The Kier molecular flexibility index (Phi) is 19.5. The van der Waals surface area contributed by atoms with Crippen molar-refractivity contribution < 1.29 is 31.3 Å². The summed E-state index contributed by atoms with van der Waals surface area (Å²) in [6.07, 6.45) is 0. The van der Waals surface area contributed by atoms with Crippen LogP contribution >= 0.6 is 11.8 Å². The topological polar surface area (TPSA) is 40.5 Å². The van der Waals surface area contributed by atoms with E-state index in [0.29, 0.717) is 11.5 Å². The van der Waals surface area contributed by atoms with Crippen molar-refractivity contribution in [3.63, 3.8) is 0 Å². The zero-order valence-corrected chi connectivity index (χ0v) is 39.0. The summed E-state index contributed by atoms with van der Waals surface area (Å²) in [7, 11) is -1.72. The number of hydrogen-bond donors (Lipinski definition) is 2. The van der Waals surface area contributed by atoms with Crippen LogP contribution in [-0.2, 0) is 31.9 Å². The summed E-state index contributed by atoms with van der Waals surface area (Å²) in [5.41, 5.74) is 5.89. The predicted octanol–water partition coefficient (Wildman–Crippen LogP) is 12.9. The second-order valence-electron chi connectivity index (χ2n) is 17.0. The molecule has 270 valence electrons. The van der Waals surface area contributed by atoms with Crippen molar-refractivity contribution in [3.8, 4) is 23.3 Å². The summed E-state index contributed by atoms with van der Waals surface area (Å²) >= 11 is 1.43. The molecule has 0 radical (unpaired) electrons. The van der Waals surface area contributed by atoms with Gasteiger partial charge in [-0.05, 0) is 72.2 Å². The number of hydrogen-bond acceptors (Lipinski definition) is 3. The maximum absolute atomic E-state index is 10.8. The quantitative estimate of drug-likeness (QED) is 0.120. The largest absolute Gasteiger partial charge is 2.00 e. The molecule has 50 heavy (non-hydrogen) atoms. The number of aryl methyl sites for hydroxylation is 2. The SMILES string of the molecule is C(#Cc1ccccc1)c1ccccc1.Cc1cc(Sc2cc(C)cc(C(C)(C)C)c2O)c(O)c(C(C)(C)C)c1.[CH2-][Si](C)(C)C.[CH2-][Si](C)(C)C.[W+2]. The van der Waals surface area contributed by atoms with Crippen molar-refractivity contribution in [2.75, 3.05) is 0 Å². The molecule has 0 aliphatic rings. The Balaban J connectivity index is 0.000000801. The van der Waals surface area contributed by atoms with Crippen molar-refractivity contribution in [3.05, 3.63) is 131 Å². The van der Waals surface area contributed by atoms with Gasteiger partial charge in [-0.2, -0.15) is 0 Å². The molecule has 0 fully saturated rings. The van der Waals surface area contributed by atoms with E-state index in [0.717, 1.165) is 43.2 Å². The Labute approximate surface area is 327 Å². The molecule has 2 nitrogen and oxygen atoms in total. The fourth-order valence-electron chi connectivity index (χ4n) is 4.10. The van der Waals surface area contributed by atoms with Gasteiger partial charge in [0.15, 0.2) is 0 Å². The first-order chi connectivity index (χ1) is 22.3. The molecule has 0 aliphatic carbocycles. The van der Waals surface area contributed by atoms with Crippen LogP contribution in [0.25, 0.3) is 0 Å².